The van der Waals surface area contributed by atoms with E-state index in [0.717, 1.165) is 18.0 Å². The van der Waals surface area contributed by atoms with E-state index in [-0.39, 0.29) is 54.8 Å². The number of nitrogens with zero attached hydrogens (tertiary/aromatic N) is 4. The average Bonchev–Trinajstić information content (AvgIpc) is 3.77. The van der Waals surface area contributed by atoms with Gasteiger partial charge in [0.2, 0.25) is 5.91 Å². The van der Waals surface area contributed by atoms with E-state index in [2.05, 4.69) is 20.6 Å². The largest absolute Gasteiger partial charge is 0.481 e. The van der Waals surface area contributed by atoms with Crippen LogP contribution in [0.4, 0.5) is 4.39 Å². The number of likely N-dealkylation sites (tertiary alicyclic amines) is 1. The number of carbonyl (C=O) groups is 5. The number of fused-ring (bicyclic) bond motifs is 6. The second kappa shape index (κ2) is 16.6. The fourth-order valence-electron chi connectivity index (χ4n) is 6.43. The van der Waals surface area contributed by atoms with Crippen molar-refractivity contribution in [2.75, 3.05) is 26.7 Å². The van der Waals surface area contributed by atoms with Gasteiger partial charge in [-0.25, -0.2) is 9.37 Å². The topological polar surface area (TPSA) is 188 Å². The summed E-state index contributed by atoms with van der Waals surface area (Å²) in [6.07, 6.45) is 1.70. The Labute approximate surface area is 315 Å². The van der Waals surface area contributed by atoms with Crippen LogP contribution in [0.15, 0.2) is 79.0 Å². The zero-order chi connectivity index (χ0) is 39.2. The number of hydrogen-bond acceptors (Lipinski definition) is 8. The number of aryl methyl sites for hydroxylation is 1. The molecule has 2 aliphatic rings. The molecule has 2 aromatic heterocycles. The molecule has 3 aromatic carbocycles. The van der Waals surface area contributed by atoms with Gasteiger partial charge >= 0.3 is 0 Å². The number of imidazole rings is 1. The van der Waals surface area contributed by atoms with Crippen molar-refractivity contribution in [1.29, 1.82) is 0 Å². The molecule has 0 aliphatic carbocycles. The summed E-state index contributed by atoms with van der Waals surface area (Å²) in [4.78, 5) is 73.4. The highest BCUT2D eigenvalue weighted by atomic mass is 19.1. The lowest BCUT2D eigenvalue weighted by Gasteiger charge is -2.39. The lowest BCUT2D eigenvalue weighted by molar-refractivity contribution is -0.134. The Morgan fingerprint density at radius 3 is 2.53 bits per heavy atom. The molecular weight excluding hydrogens is 713 g/mol. The Morgan fingerprint density at radius 2 is 1.78 bits per heavy atom. The van der Waals surface area contributed by atoms with Crippen molar-refractivity contribution in [2.24, 2.45) is 7.05 Å². The summed E-state index contributed by atoms with van der Waals surface area (Å²) in [5.74, 6) is -2.30. The number of amides is 4. The summed E-state index contributed by atoms with van der Waals surface area (Å²) in [5, 5.41) is 13.2. The quantitative estimate of drug-likeness (QED) is 0.211. The summed E-state index contributed by atoms with van der Waals surface area (Å²) < 4.78 is 28.9. The lowest BCUT2D eigenvalue weighted by Crippen LogP contribution is -2.58. The standard InChI is InChI=1S/C37H36FN7O6.C2H4O2/c1-43-10-5-8-31(43)37(49)45-11-9-32-30(19-45)42-34(46)20-44(2)36(48)24-14-23(35(47)39-18-33-40-28-6-3-4-7-29(28)41-33)15-27(16-24)51-26-13-22(21-50-32)12-25(38)17-26;1-2(3)4/h3-8,10,12-17,30,32H,9,11,18-21H2,1-2H3,(H,39,47)(H,40,41)(H,42,46);1H3,(H,3,4)/t30-,32+;/m1./s1. The van der Waals surface area contributed by atoms with Crippen LogP contribution < -0.4 is 15.4 Å². The first-order valence-electron chi connectivity index (χ1n) is 17.4. The van der Waals surface area contributed by atoms with E-state index in [1.54, 1.807) is 40.9 Å². The van der Waals surface area contributed by atoms with Crippen LogP contribution in [-0.2, 0) is 34.5 Å². The van der Waals surface area contributed by atoms with Crippen molar-refractivity contribution < 1.29 is 42.9 Å². The highest BCUT2D eigenvalue weighted by molar-refractivity contribution is 6.01. The van der Waals surface area contributed by atoms with Gasteiger partial charge in [-0.1, -0.05) is 12.1 Å². The molecule has 5 aromatic rings. The molecule has 4 bridgehead atoms. The van der Waals surface area contributed by atoms with Crippen LogP contribution in [0.25, 0.3) is 11.0 Å². The molecule has 286 valence electrons. The number of para-hydroxylation sites is 2. The Hall–Kier alpha value is -6.55. The number of H-pyrrole nitrogens is 1. The van der Waals surface area contributed by atoms with Gasteiger partial charge in [0.1, 0.15) is 28.8 Å². The van der Waals surface area contributed by atoms with Crippen molar-refractivity contribution in [2.45, 2.75) is 38.6 Å². The van der Waals surface area contributed by atoms with Gasteiger partial charge < -0.3 is 44.6 Å². The number of rotatable bonds is 4. The van der Waals surface area contributed by atoms with Crippen molar-refractivity contribution in [3.8, 4) is 11.5 Å². The van der Waals surface area contributed by atoms with Crippen LogP contribution in [0.2, 0.25) is 0 Å². The molecule has 4 amide bonds. The van der Waals surface area contributed by atoms with Crippen molar-refractivity contribution in [3.05, 3.63) is 113 Å². The van der Waals surface area contributed by atoms with Gasteiger partial charge in [-0.05, 0) is 66.6 Å². The molecule has 1 saturated heterocycles. The van der Waals surface area contributed by atoms with Gasteiger partial charge in [-0.15, -0.1) is 0 Å². The molecule has 7 rings (SSSR count). The fraction of sp³-hybridized carbons (Fsp3) is 0.282. The maximum atomic E-state index is 14.9. The molecule has 1 fully saturated rings. The van der Waals surface area contributed by atoms with Crippen LogP contribution in [-0.4, -0.2) is 97.9 Å². The summed E-state index contributed by atoms with van der Waals surface area (Å²) >= 11 is 0. The molecule has 4 N–H and O–H groups in total. The lowest BCUT2D eigenvalue weighted by atomic mass is 10.0. The van der Waals surface area contributed by atoms with Crippen molar-refractivity contribution in [3.63, 3.8) is 0 Å². The Balaban J connectivity index is 0.00000123. The molecule has 16 heteroatoms. The van der Waals surface area contributed by atoms with E-state index in [1.165, 1.54) is 42.3 Å². The number of benzene rings is 3. The zero-order valence-electron chi connectivity index (χ0n) is 30.4. The van der Waals surface area contributed by atoms with E-state index in [4.69, 9.17) is 19.4 Å². The summed E-state index contributed by atoms with van der Waals surface area (Å²) in [6, 6.07) is 18.8. The van der Waals surface area contributed by atoms with Crippen molar-refractivity contribution >= 4 is 40.6 Å². The predicted octanol–water partition coefficient (Wildman–Crippen LogP) is 3.86. The Kier molecular flexibility index (Phi) is 11.5. The Bertz CT molecular complexity index is 2210. The van der Waals surface area contributed by atoms with Gasteiger partial charge in [-0.2, -0.15) is 0 Å². The van der Waals surface area contributed by atoms with E-state index < -0.39 is 41.7 Å². The first-order valence-corrected chi connectivity index (χ1v) is 17.4. The maximum absolute atomic E-state index is 14.9. The maximum Gasteiger partial charge on any atom is 0.300 e. The fourth-order valence-corrected chi connectivity index (χ4v) is 6.43. The number of aliphatic carboxylic acids is 1. The highest BCUT2D eigenvalue weighted by Gasteiger charge is 2.35. The number of hydrogen-bond donors (Lipinski definition) is 4. The van der Waals surface area contributed by atoms with Crippen LogP contribution >= 0.6 is 0 Å². The normalized spacial score (nSPS) is 17.3. The van der Waals surface area contributed by atoms with Crippen LogP contribution in [0.3, 0.4) is 0 Å². The van der Waals surface area contributed by atoms with Crippen molar-refractivity contribution in [1.82, 2.24) is 35.0 Å². The molecule has 15 nitrogen and oxygen atoms in total. The summed E-state index contributed by atoms with van der Waals surface area (Å²) in [6.45, 7) is 1.43. The van der Waals surface area contributed by atoms with E-state index in [9.17, 15) is 23.6 Å². The molecular formula is C39H40FN7O8. The average molecular weight is 754 g/mol. The molecule has 0 saturated carbocycles. The number of halogens is 1. The van der Waals surface area contributed by atoms with Crippen LogP contribution in [0.1, 0.15) is 55.9 Å². The van der Waals surface area contributed by atoms with E-state index >= 15 is 0 Å². The number of piperidine rings is 1. The number of likely N-dealkylation sites (N-methyl/N-ethyl adjacent to an activating group) is 1. The highest BCUT2D eigenvalue weighted by Crippen LogP contribution is 2.28. The third kappa shape index (κ3) is 9.52. The molecule has 55 heavy (non-hydrogen) atoms. The number of carbonyl (C=O) groups excluding carboxylic acids is 4. The zero-order valence-corrected chi connectivity index (χ0v) is 30.4. The molecule has 0 unspecified atom stereocenters. The van der Waals surface area contributed by atoms with Crippen LogP contribution in [0.5, 0.6) is 11.5 Å². The second-order valence-electron chi connectivity index (χ2n) is 13.3. The van der Waals surface area contributed by atoms with Crippen LogP contribution in [0, 0.1) is 5.82 Å². The number of aromatic amines is 1. The van der Waals surface area contributed by atoms with Gasteiger partial charge in [-0.3, -0.25) is 24.0 Å². The summed E-state index contributed by atoms with van der Waals surface area (Å²) in [7, 11) is 3.26. The third-order valence-corrected chi connectivity index (χ3v) is 8.97. The number of carboxylic acid groups (broad SMARTS) is 1. The molecule has 2 atom stereocenters. The smallest absolute Gasteiger partial charge is 0.300 e. The third-order valence-electron chi connectivity index (χ3n) is 8.97. The molecule has 0 spiro atoms. The van der Waals surface area contributed by atoms with Gasteiger partial charge in [0.25, 0.3) is 23.7 Å². The number of ether oxygens (including phenoxy) is 2. The number of aromatic nitrogens is 3. The second-order valence-corrected chi connectivity index (χ2v) is 13.3. The molecule has 0 radical (unpaired) electrons. The Morgan fingerprint density at radius 1 is 1.02 bits per heavy atom. The monoisotopic (exact) mass is 753 g/mol. The SMILES string of the molecule is CC(=O)O.CN1CC(=O)N[C@@H]2CN(C(=O)c3cccn3C)CC[C@@H]2OCc2cc(F)cc(c2)Oc2cc(C(=O)NCc3nc4ccccc4[nH]3)cc(c2)C1=O. The van der Waals surface area contributed by atoms with Gasteiger partial charge in [0, 0.05) is 57.5 Å². The van der Waals surface area contributed by atoms with Gasteiger partial charge in [0.15, 0.2) is 0 Å². The summed E-state index contributed by atoms with van der Waals surface area (Å²) in [5.41, 5.74) is 2.76. The number of nitrogens with one attached hydrogen (secondary N) is 3. The van der Waals surface area contributed by atoms with E-state index in [1.807, 2.05) is 24.3 Å². The first kappa shape index (κ1) is 38.2. The minimum Gasteiger partial charge on any atom is -0.481 e. The molecule has 2 aliphatic heterocycles. The van der Waals surface area contributed by atoms with E-state index in [0.29, 0.717) is 30.0 Å². The first-order chi connectivity index (χ1) is 26.3. The van der Waals surface area contributed by atoms with Gasteiger partial charge in [0.05, 0.1) is 42.9 Å². The molecule has 4 heterocycles. The predicted molar refractivity (Wildman–Crippen MR) is 197 cm³/mol. The minimum atomic E-state index is -0.833. The number of carboxylic acids is 1. The minimum absolute atomic E-state index is 0.00475.